The van der Waals surface area contributed by atoms with Gasteiger partial charge in [-0.1, -0.05) is 0 Å². The number of hydrogen-bond acceptors (Lipinski definition) is 4. The van der Waals surface area contributed by atoms with Crippen LogP contribution in [0.5, 0.6) is 11.6 Å². The van der Waals surface area contributed by atoms with Gasteiger partial charge in [-0.3, -0.25) is 0 Å². The number of rotatable bonds is 3. The van der Waals surface area contributed by atoms with Crippen molar-refractivity contribution in [3.05, 3.63) is 47.4 Å². The summed E-state index contributed by atoms with van der Waals surface area (Å²) in [7, 11) is 1.39. The fourth-order valence-electron chi connectivity index (χ4n) is 3.52. The van der Waals surface area contributed by atoms with Gasteiger partial charge in [-0.15, -0.1) is 0 Å². The Kier molecular flexibility index (Phi) is 4.34. The molecular weight excluding hydrogens is 378 g/mol. The zero-order valence-corrected chi connectivity index (χ0v) is 14.8. The lowest BCUT2D eigenvalue weighted by Crippen LogP contribution is -2.27. The highest BCUT2D eigenvalue weighted by molar-refractivity contribution is 5.97. The molecule has 0 saturated carbocycles. The summed E-state index contributed by atoms with van der Waals surface area (Å²) in [5.74, 6) is -0.760. The average molecular weight is 395 g/mol. The maximum absolute atomic E-state index is 14.2. The molecule has 0 atom stereocenters. The third kappa shape index (κ3) is 3.01. The molecule has 28 heavy (non-hydrogen) atoms. The molecular formula is C19H17F4N3O2. The number of fused-ring (bicyclic) bond motifs is 3. The number of anilines is 2. The zero-order valence-electron chi connectivity index (χ0n) is 14.8. The number of hydrogen-bond donors (Lipinski definition) is 3. The molecule has 0 unspecified atom stereocenters. The average Bonchev–Trinajstić information content (AvgIpc) is 2.95. The van der Waals surface area contributed by atoms with Crippen LogP contribution in [0.25, 0.3) is 10.8 Å². The first-order valence-corrected chi connectivity index (χ1v) is 8.56. The third-order valence-corrected chi connectivity index (χ3v) is 4.82. The number of nitrogens with zero attached hydrogens (tertiary/aromatic N) is 1. The summed E-state index contributed by atoms with van der Waals surface area (Å²) in [5.41, 5.74) is -0.324. The Morgan fingerprint density at radius 2 is 2.00 bits per heavy atom. The first-order valence-electron chi connectivity index (χ1n) is 8.56. The summed E-state index contributed by atoms with van der Waals surface area (Å²) in [4.78, 5) is 0. The molecule has 3 N–H and O–H groups in total. The maximum atomic E-state index is 14.2. The second-order valence-electron chi connectivity index (χ2n) is 6.51. The molecule has 5 nitrogen and oxygen atoms in total. The van der Waals surface area contributed by atoms with Crippen LogP contribution in [-0.2, 0) is 19.3 Å². The monoisotopic (exact) mass is 395 g/mol. The standard InChI is InChI=1S/C19H17F4N3O2/c1-28-11-2-3-15(14(20)8-11)25-10-6-12-16-9-24-4-5-26(16)18(27)17(12)13(7-10)19(21,22)23/h2-3,6-8,24-25,27H,4-5,9H2,1H3. The molecule has 2 aromatic carbocycles. The van der Waals surface area contributed by atoms with Gasteiger partial charge in [0.15, 0.2) is 5.88 Å². The second-order valence-corrected chi connectivity index (χ2v) is 6.51. The van der Waals surface area contributed by atoms with Gasteiger partial charge in [0.1, 0.15) is 11.6 Å². The van der Waals surface area contributed by atoms with Gasteiger partial charge in [0, 0.05) is 42.5 Å². The van der Waals surface area contributed by atoms with Gasteiger partial charge in [-0.05, 0) is 24.3 Å². The number of aromatic hydroxyl groups is 1. The second kappa shape index (κ2) is 6.59. The van der Waals surface area contributed by atoms with Crippen molar-refractivity contribution in [2.24, 2.45) is 0 Å². The van der Waals surface area contributed by atoms with Crippen molar-refractivity contribution in [1.29, 1.82) is 0 Å². The van der Waals surface area contributed by atoms with E-state index in [1.54, 1.807) is 0 Å². The molecule has 0 fully saturated rings. The van der Waals surface area contributed by atoms with E-state index in [1.807, 2.05) is 0 Å². The van der Waals surface area contributed by atoms with Gasteiger partial charge in [-0.25, -0.2) is 4.39 Å². The van der Waals surface area contributed by atoms with E-state index in [1.165, 1.54) is 29.9 Å². The van der Waals surface area contributed by atoms with E-state index in [-0.39, 0.29) is 22.1 Å². The lowest BCUT2D eigenvalue weighted by Gasteiger charge is -2.17. The van der Waals surface area contributed by atoms with Crippen LogP contribution >= 0.6 is 0 Å². The largest absolute Gasteiger partial charge is 0.497 e. The van der Waals surface area contributed by atoms with Crippen molar-refractivity contribution in [2.75, 3.05) is 19.0 Å². The predicted octanol–water partition coefficient (Wildman–Crippen LogP) is 4.36. The molecule has 0 saturated heterocycles. The molecule has 0 bridgehead atoms. The summed E-state index contributed by atoms with van der Waals surface area (Å²) in [6.07, 6.45) is -4.68. The Labute approximate surface area is 157 Å². The summed E-state index contributed by atoms with van der Waals surface area (Å²) < 4.78 is 61.8. The minimum absolute atomic E-state index is 0.0173. The Hall–Kier alpha value is -2.94. The van der Waals surface area contributed by atoms with Crippen molar-refractivity contribution in [3.8, 4) is 11.6 Å². The van der Waals surface area contributed by atoms with E-state index >= 15 is 0 Å². The fraction of sp³-hybridized carbons (Fsp3) is 0.263. The van der Waals surface area contributed by atoms with Crippen LogP contribution < -0.4 is 15.4 Å². The minimum Gasteiger partial charge on any atom is -0.497 e. The van der Waals surface area contributed by atoms with Gasteiger partial charge in [0.05, 0.1) is 23.7 Å². The van der Waals surface area contributed by atoms with E-state index in [2.05, 4.69) is 10.6 Å². The number of halogens is 4. The summed E-state index contributed by atoms with van der Waals surface area (Å²) in [5, 5.41) is 16.2. The summed E-state index contributed by atoms with van der Waals surface area (Å²) in [6, 6.07) is 6.41. The first kappa shape index (κ1) is 18.4. The zero-order chi connectivity index (χ0) is 20.1. The Balaban J connectivity index is 1.88. The predicted molar refractivity (Wildman–Crippen MR) is 96.5 cm³/mol. The lowest BCUT2D eigenvalue weighted by atomic mass is 10.0. The van der Waals surface area contributed by atoms with Gasteiger partial charge in [0.25, 0.3) is 0 Å². The molecule has 148 valence electrons. The molecule has 1 aliphatic rings. The summed E-state index contributed by atoms with van der Waals surface area (Å²) >= 11 is 0. The van der Waals surface area contributed by atoms with Crippen LogP contribution in [-0.4, -0.2) is 23.3 Å². The number of alkyl halides is 3. The highest BCUT2D eigenvalue weighted by Crippen LogP contribution is 2.44. The van der Waals surface area contributed by atoms with Crippen molar-refractivity contribution >= 4 is 22.1 Å². The molecule has 1 aromatic heterocycles. The van der Waals surface area contributed by atoms with Crippen LogP contribution in [0.3, 0.4) is 0 Å². The number of benzene rings is 2. The van der Waals surface area contributed by atoms with E-state index < -0.39 is 23.4 Å². The van der Waals surface area contributed by atoms with Gasteiger partial charge in [0.2, 0.25) is 0 Å². The molecule has 1 aliphatic heterocycles. The number of ether oxygens (including phenoxy) is 1. The smallest absolute Gasteiger partial charge is 0.417 e. The molecule has 0 aliphatic carbocycles. The fourth-order valence-corrected chi connectivity index (χ4v) is 3.52. The lowest BCUT2D eigenvalue weighted by molar-refractivity contribution is -0.136. The maximum Gasteiger partial charge on any atom is 0.417 e. The molecule has 0 radical (unpaired) electrons. The number of methoxy groups -OCH3 is 1. The van der Waals surface area contributed by atoms with E-state index in [0.717, 1.165) is 12.1 Å². The Morgan fingerprint density at radius 1 is 1.21 bits per heavy atom. The third-order valence-electron chi connectivity index (χ3n) is 4.82. The normalized spacial score (nSPS) is 14.2. The van der Waals surface area contributed by atoms with E-state index in [0.29, 0.717) is 31.1 Å². The van der Waals surface area contributed by atoms with E-state index in [9.17, 15) is 22.7 Å². The SMILES string of the molecule is COc1ccc(Nc2cc(C(F)(F)F)c3c(O)n4c(c3c2)CNCC4)c(F)c1. The van der Waals surface area contributed by atoms with Crippen LogP contribution in [0, 0.1) is 5.82 Å². The molecule has 0 amide bonds. The Bertz CT molecular complexity index is 1060. The highest BCUT2D eigenvalue weighted by Gasteiger charge is 2.36. The molecule has 0 spiro atoms. The van der Waals surface area contributed by atoms with Crippen molar-refractivity contribution in [3.63, 3.8) is 0 Å². The first-order chi connectivity index (χ1) is 13.3. The van der Waals surface area contributed by atoms with Crippen LogP contribution in [0.2, 0.25) is 0 Å². The van der Waals surface area contributed by atoms with Gasteiger partial charge >= 0.3 is 6.18 Å². The Morgan fingerprint density at radius 3 is 2.68 bits per heavy atom. The molecule has 4 rings (SSSR count). The van der Waals surface area contributed by atoms with Crippen molar-refractivity contribution < 1.29 is 27.4 Å². The van der Waals surface area contributed by atoms with Crippen molar-refractivity contribution in [2.45, 2.75) is 19.3 Å². The van der Waals surface area contributed by atoms with Crippen LogP contribution in [0.4, 0.5) is 28.9 Å². The van der Waals surface area contributed by atoms with Gasteiger partial charge < -0.3 is 25.0 Å². The van der Waals surface area contributed by atoms with Crippen LogP contribution in [0.15, 0.2) is 30.3 Å². The molecule has 3 aromatic rings. The quantitative estimate of drug-likeness (QED) is 0.577. The van der Waals surface area contributed by atoms with Gasteiger partial charge in [-0.2, -0.15) is 13.2 Å². The molecule has 2 heterocycles. The van der Waals surface area contributed by atoms with E-state index in [4.69, 9.17) is 4.74 Å². The highest BCUT2D eigenvalue weighted by atomic mass is 19.4. The van der Waals surface area contributed by atoms with Crippen molar-refractivity contribution in [1.82, 2.24) is 9.88 Å². The minimum atomic E-state index is -4.68. The topological polar surface area (TPSA) is 58.4 Å². The number of aromatic nitrogens is 1. The molecule has 9 heteroatoms. The summed E-state index contributed by atoms with van der Waals surface area (Å²) in [6.45, 7) is 1.24. The van der Waals surface area contributed by atoms with Crippen LogP contribution in [0.1, 0.15) is 11.3 Å². The number of nitrogens with one attached hydrogen (secondary N) is 2.